The standard InChI is InChI=1S/C25H26FNO6S/c1-2-32-25(31)23-19(12-20(34-23)14-6-8-18(26)9-7-14)27-21(28)13-33-24(30)17-10-15-4-3-5-16(11-17)22(15)29/h6-9,12,15-17H,2-5,10-11,13H2,1H3,(H,27,28)/t15-,16+,17?. The van der Waals surface area contributed by atoms with E-state index in [1.54, 1.807) is 25.1 Å². The van der Waals surface area contributed by atoms with Gasteiger partial charge in [-0.2, -0.15) is 0 Å². The fourth-order valence-electron chi connectivity index (χ4n) is 4.70. The van der Waals surface area contributed by atoms with Crippen molar-refractivity contribution >= 4 is 40.7 Å². The molecule has 0 saturated heterocycles. The number of nitrogens with one attached hydrogen (secondary N) is 1. The summed E-state index contributed by atoms with van der Waals surface area (Å²) in [5.41, 5.74) is 0.919. The minimum Gasteiger partial charge on any atom is -0.462 e. The predicted molar refractivity (Wildman–Crippen MR) is 124 cm³/mol. The van der Waals surface area contributed by atoms with E-state index in [2.05, 4.69) is 5.32 Å². The number of halogens is 1. The Hall–Kier alpha value is -3.07. The van der Waals surface area contributed by atoms with Crippen LogP contribution in [0.3, 0.4) is 0 Å². The van der Waals surface area contributed by atoms with Crippen molar-refractivity contribution in [2.75, 3.05) is 18.5 Å². The van der Waals surface area contributed by atoms with Gasteiger partial charge in [0.05, 0.1) is 18.2 Å². The van der Waals surface area contributed by atoms with Gasteiger partial charge < -0.3 is 14.8 Å². The number of benzene rings is 1. The molecule has 2 aromatic rings. The molecule has 9 heteroatoms. The molecule has 1 amide bonds. The number of ether oxygens (including phenoxy) is 2. The number of hydrogen-bond donors (Lipinski definition) is 1. The lowest BCUT2D eigenvalue weighted by molar-refractivity contribution is -0.155. The molecule has 1 unspecified atom stereocenters. The molecule has 180 valence electrons. The predicted octanol–water partition coefficient (Wildman–Crippen LogP) is 4.61. The molecule has 2 fully saturated rings. The van der Waals surface area contributed by atoms with Gasteiger partial charge in [0.2, 0.25) is 0 Å². The van der Waals surface area contributed by atoms with Crippen LogP contribution >= 0.6 is 11.3 Å². The van der Waals surface area contributed by atoms with Crippen molar-refractivity contribution in [3.8, 4) is 10.4 Å². The number of thiophene rings is 1. The third-order valence-corrected chi connectivity index (χ3v) is 7.49. The zero-order chi connectivity index (χ0) is 24.2. The van der Waals surface area contributed by atoms with Crippen molar-refractivity contribution in [2.45, 2.75) is 39.0 Å². The molecule has 1 aromatic heterocycles. The molecule has 2 bridgehead atoms. The number of amides is 1. The van der Waals surface area contributed by atoms with Gasteiger partial charge >= 0.3 is 11.9 Å². The Morgan fingerprint density at radius 2 is 1.76 bits per heavy atom. The van der Waals surface area contributed by atoms with E-state index in [1.165, 1.54) is 12.1 Å². The van der Waals surface area contributed by atoms with Gasteiger partial charge in [0.25, 0.3) is 5.91 Å². The van der Waals surface area contributed by atoms with Gasteiger partial charge in [-0.05, 0) is 56.4 Å². The van der Waals surface area contributed by atoms with Crippen LogP contribution in [0.2, 0.25) is 0 Å². The van der Waals surface area contributed by atoms with Gasteiger partial charge in [-0.25, -0.2) is 9.18 Å². The van der Waals surface area contributed by atoms with E-state index < -0.39 is 24.5 Å². The van der Waals surface area contributed by atoms with Crippen LogP contribution in [0, 0.1) is 23.6 Å². The van der Waals surface area contributed by atoms with E-state index in [4.69, 9.17) is 9.47 Å². The number of anilines is 1. The minimum atomic E-state index is -0.591. The minimum absolute atomic E-state index is 0.0818. The number of Topliss-reactive ketones (excluding diaryl/α,β-unsaturated/α-hetero) is 1. The maximum atomic E-state index is 13.3. The third-order valence-electron chi connectivity index (χ3n) is 6.32. The molecule has 1 aromatic carbocycles. The van der Waals surface area contributed by atoms with E-state index in [-0.39, 0.29) is 46.5 Å². The van der Waals surface area contributed by atoms with E-state index in [0.29, 0.717) is 23.3 Å². The number of fused-ring (bicyclic) bond motifs is 2. The van der Waals surface area contributed by atoms with E-state index in [1.807, 2.05) is 0 Å². The summed E-state index contributed by atoms with van der Waals surface area (Å²) >= 11 is 1.11. The lowest BCUT2D eigenvalue weighted by Gasteiger charge is -2.36. The van der Waals surface area contributed by atoms with E-state index in [0.717, 1.165) is 30.6 Å². The molecular weight excluding hydrogens is 461 g/mol. The number of rotatable bonds is 7. The maximum absolute atomic E-state index is 13.3. The van der Waals surface area contributed by atoms with Crippen LogP contribution in [0.1, 0.15) is 48.7 Å². The Kier molecular flexibility index (Phi) is 7.41. The number of ketones is 1. The summed E-state index contributed by atoms with van der Waals surface area (Å²) in [5, 5.41) is 2.62. The zero-order valence-electron chi connectivity index (χ0n) is 18.8. The highest BCUT2D eigenvalue weighted by molar-refractivity contribution is 7.18. The first-order valence-electron chi connectivity index (χ1n) is 11.4. The van der Waals surface area contributed by atoms with Gasteiger partial charge in [0.15, 0.2) is 6.61 Å². The lowest BCUT2D eigenvalue weighted by atomic mass is 9.67. The first-order chi connectivity index (χ1) is 16.4. The molecule has 7 nitrogen and oxygen atoms in total. The Balaban J connectivity index is 1.40. The highest BCUT2D eigenvalue weighted by Gasteiger charge is 2.41. The number of carbonyl (C=O) groups excluding carboxylic acids is 4. The molecule has 0 spiro atoms. The maximum Gasteiger partial charge on any atom is 0.350 e. The average molecular weight is 488 g/mol. The monoisotopic (exact) mass is 487 g/mol. The molecule has 0 radical (unpaired) electrons. The van der Waals surface area contributed by atoms with Crippen LogP contribution in [0.15, 0.2) is 30.3 Å². The number of carbonyl (C=O) groups is 4. The normalized spacial score (nSPS) is 21.6. The van der Waals surface area contributed by atoms with Crippen LogP contribution in [-0.2, 0) is 23.9 Å². The van der Waals surface area contributed by atoms with E-state index in [9.17, 15) is 23.6 Å². The van der Waals surface area contributed by atoms with Crippen molar-refractivity contribution in [1.29, 1.82) is 0 Å². The van der Waals surface area contributed by atoms with Crippen molar-refractivity contribution in [3.63, 3.8) is 0 Å². The summed E-state index contributed by atoms with van der Waals surface area (Å²) in [4.78, 5) is 50.6. The van der Waals surface area contributed by atoms with Crippen LogP contribution in [0.25, 0.3) is 10.4 Å². The Morgan fingerprint density at radius 1 is 1.09 bits per heavy atom. The van der Waals surface area contributed by atoms with Crippen molar-refractivity contribution < 1.29 is 33.0 Å². The van der Waals surface area contributed by atoms with Gasteiger partial charge in [-0.1, -0.05) is 18.6 Å². The number of esters is 2. The van der Waals surface area contributed by atoms with Crippen molar-refractivity contribution in [1.82, 2.24) is 0 Å². The molecular formula is C25H26FNO6S. The second kappa shape index (κ2) is 10.5. The first-order valence-corrected chi connectivity index (χ1v) is 12.2. The SMILES string of the molecule is CCOC(=O)c1sc(-c2ccc(F)cc2)cc1NC(=O)COC(=O)C1C[C@H]2CCC[C@@H](C1)C2=O. The first kappa shape index (κ1) is 24.1. The topological polar surface area (TPSA) is 98.8 Å². The third kappa shape index (κ3) is 5.35. The molecule has 2 aliphatic rings. The van der Waals surface area contributed by atoms with Crippen LogP contribution in [0.4, 0.5) is 10.1 Å². The van der Waals surface area contributed by atoms with Gasteiger partial charge in [-0.3, -0.25) is 14.4 Å². The number of hydrogen-bond acceptors (Lipinski definition) is 7. The van der Waals surface area contributed by atoms with Crippen molar-refractivity contribution in [3.05, 3.63) is 41.0 Å². The fraction of sp³-hybridized carbons (Fsp3) is 0.440. The van der Waals surface area contributed by atoms with Crippen molar-refractivity contribution in [2.24, 2.45) is 17.8 Å². The summed E-state index contributed by atoms with van der Waals surface area (Å²) in [6.45, 7) is 1.35. The van der Waals surface area contributed by atoms with Gasteiger partial charge in [0, 0.05) is 16.7 Å². The smallest absolute Gasteiger partial charge is 0.350 e. The quantitative estimate of drug-likeness (QED) is 0.573. The Bertz CT molecular complexity index is 1080. The van der Waals surface area contributed by atoms with Crippen LogP contribution in [-0.4, -0.2) is 36.8 Å². The average Bonchev–Trinajstić information content (AvgIpc) is 3.21. The zero-order valence-corrected chi connectivity index (χ0v) is 19.6. The molecule has 4 rings (SSSR count). The second-order valence-corrected chi connectivity index (χ2v) is 9.68. The summed E-state index contributed by atoms with van der Waals surface area (Å²) in [7, 11) is 0. The summed E-state index contributed by atoms with van der Waals surface area (Å²) < 4.78 is 23.6. The van der Waals surface area contributed by atoms with Gasteiger partial charge in [-0.15, -0.1) is 11.3 Å². The Morgan fingerprint density at radius 3 is 2.41 bits per heavy atom. The second-order valence-electron chi connectivity index (χ2n) is 8.63. The molecule has 2 aliphatic carbocycles. The van der Waals surface area contributed by atoms with Crippen LogP contribution < -0.4 is 5.32 Å². The molecule has 0 aliphatic heterocycles. The highest BCUT2D eigenvalue weighted by Crippen LogP contribution is 2.40. The largest absolute Gasteiger partial charge is 0.462 e. The molecule has 34 heavy (non-hydrogen) atoms. The summed E-state index contributed by atoms with van der Waals surface area (Å²) in [6.07, 6.45) is 3.59. The fourth-order valence-corrected chi connectivity index (χ4v) is 5.71. The molecule has 2 saturated carbocycles. The Labute approximate surface area is 200 Å². The van der Waals surface area contributed by atoms with E-state index >= 15 is 0 Å². The molecule has 1 N–H and O–H groups in total. The van der Waals surface area contributed by atoms with Gasteiger partial charge in [0.1, 0.15) is 16.5 Å². The summed E-state index contributed by atoms with van der Waals surface area (Å²) in [6, 6.07) is 7.38. The molecule has 1 heterocycles. The summed E-state index contributed by atoms with van der Waals surface area (Å²) in [5.74, 6) is -2.31. The van der Waals surface area contributed by atoms with Crippen LogP contribution in [0.5, 0.6) is 0 Å². The lowest BCUT2D eigenvalue weighted by Crippen LogP contribution is -2.40. The highest BCUT2D eigenvalue weighted by atomic mass is 32.1. The molecule has 3 atom stereocenters.